The fourth-order valence-corrected chi connectivity index (χ4v) is 1.45. The highest BCUT2D eigenvalue weighted by atomic mass is 16.2. The average Bonchev–Trinajstić information content (AvgIpc) is 2.32. The monoisotopic (exact) mass is 236 g/mol. The largest absolute Gasteiger partial charge is 0.399 e. The number of rotatable bonds is 4. The van der Waals surface area contributed by atoms with Gasteiger partial charge in [-0.3, -0.25) is 5.01 Å². The summed E-state index contributed by atoms with van der Waals surface area (Å²) in [6.45, 7) is 4.02. The van der Waals surface area contributed by atoms with Crippen LogP contribution in [-0.4, -0.2) is 24.1 Å². The average molecular weight is 236 g/mol. The van der Waals surface area contributed by atoms with Crippen molar-refractivity contribution < 1.29 is 4.79 Å². The second kappa shape index (κ2) is 6.10. The van der Waals surface area contributed by atoms with Gasteiger partial charge in [-0.2, -0.15) is 0 Å². The third kappa shape index (κ3) is 3.64. The van der Waals surface area contributed by atoms with E-state index >= 15 is 0 Å². The van der Waals surface area contributed by atoms with Crippen molar-refractivity contribution in [2.45, 2.75) is 26.3 Å². The van der Waals surface area contributed by atoms with Gasteiger partial charge in [0, 0.05) is 24.5 Å². The molecule has 0 aromatic heterocycles. The summed E-state index contributed by atoms with van der Waals surface area (Å²) in [4.78, 5) is 12.0. The van der Waals surface area contributed by atoms with Gasteiger partial charge >= 0.3 is 6.03 Å². The molecule has 1 rings (SSSR count). The van der Waals surface area contributed by atoms with E-state index in [1.54, 1.807) is 36.3 Å². The van der Waals surface area contributed by atoms with E-state index in [2.05, 4.69) is 10.7 Å². The van der Waals surface area contributed by atoms with Gasteiger partial charge in [-0.05, 0) is 37.6 Å². The van der Waals surface area contributed by atoms with Crippen molar-refractivity contribution in [1.82, 2.24) is 10.4 Å². The summed E-state index contributed by atoms with van der Waals surface area (Å²) in [7, 11) is 1.73. The third-order valence-electron chi connectivity index (χ3n) is 2.65. The Morgan fingerprint density at radius 3 is 2.47 bits per heavy atom. The van der Waals surface area contributed by atoms with Gasteiger partial charge in [0.1, 0.15) is 0 Å². The summed E-state index contributed by atoms with van der Waals surface area (Å²) in [6.07, 6.45) is 0.885. The molecule has 0 aliphatic carbocycles. The number of hydrogen-bond donors (Lipinski definition) is 3. The normalized spacial score (nSPS) is 11.9. The lowest BCUT2D eigenvalue weighted by atomic mass is 10.2. The number of nitrogens with zero attached hydrogens (tertiary/aromatic N) is 1. The molecule has 4 N–H and O–H groups in total. The minimum Gasteiger partial charge on any atom is -0.399 e. The van der Waals surface area contributed by atoms with Gasteiger partial charge in [0.25, 0.3) is 0 Å². The van der Waals surface area contributed by atoms with Crippen molar-refractivity contribution in [2.24, 2.45) is 0 Å². The van der Waals surface area contributed by atoms with Crippen LogP contribution < -0.4 is 16.5 Å². The number of amides is 2. The maximum Gasteiger partial charge on any atom is 0.336 e. The van der Waals surface area contributed by atoms with Crippen molar-refractivity contribution in [3.8, 4) is 0 Å². The van der Waals surface area contributed by atoms with Crippen LogP contribution >= 0.6 is 0 Å². The molecule has 94 valence electrons. The summed E-state index contributed by atoms with van der Waals surface area (Å²) in [6, 6.07) is 7.01. The lowest BCUT2D eigenvalue weighted by Crippen LogP contribution is -2.48. The minimum atomic E-state index is -0.174. The Kier molecular flexibility index (Phi) is 4.78. The number of hydrazine groups is 1. The lowest BCUT2D eigenvalue weighted by Gasteiger charge is -2.27. The summed E-state index contributed by atoms with van der Waals surface area (Å²) < 4.78 is 0. The Labute approximate surface area is 102 Å². The maximum absolute atomic E-state index is 12.0. The van der Waals surface area contributed by atoms with E-state index in [1.807, 2.05) is 13.8 Å². The first kappa shape index (κ1) is 13.3. The number of nitrogens with one attached hydrogen (secondary N) is 2. The van der Waals surface area contributed by atoms with Crippen LogP contribution in [0, 0.1) is 0 Å². The van der Waals surface area contributed by atoms with Crippen LogP contribution in [0.15, 0.2) is 24.3 Å². The first-order valence-corrected chi connectivity index (χ1v) is 5.71. The van der Waals surface area contributed by atoms with Crippen LogP contribution in [0.5, 0.6) is 0 Å². The summed E-state index contributed by atoms with van der Waals surface area (Å²) >= 11 is 0. The first-order chi connectivity index (χ1) is 8.08. The van der Waals surface area contributed by atoms with Gasteiger partial charge in [-0.25, -0.2) is 10.2 Å². The van der Waals surface area contributed by atoms with E-state index in [-0.39, 0.29) is 12.1 Å². The molecule has 5 nitrogen and oxygen atoms in total. The molecule has 0 spiro atoms. The number of benzene rings is 1. The van der Waals surface area contributed by atoms with E-state index in [0.717, 1.165) is 12.1 Å². The Morgan fingerprint density at radius 2 is 2.00 bits per heavy atom. The van der Waals surface area contributed by atoms with Gasteiger partial charge in [0.2, 0.25) is 0 Å². The number of nitrogens with two attached hydrogens (primary N) is 1. The zero-order chi connectivity index (χ0) is 12.8. The smallest absolute Gasteiger partial charge is 0.336 e. The maximum atomic E-state index is 12.0. The summed E-state index contributed by atoms with van der Waals surface area (Å²) in [5.41, 5.74) is 9.86. The molecule has 1 atom stereocenters. The first-order valence-electron chi connectivity index (χ1n) is 5.71. The van der Waals surface area contributed by atoms with Crippen molar-refractivity contribution in [1.29, 1.82) is 0 Å². The highest BCUT2D eigenvalue weighted by Crippen LogP contribution is 2.11. The highest BCUT2D eigenvalue weighted by Gasteiger charge is 2.16. The molecule has 2 amide bonds. The molecule has 0 heterocycles. The summed E-state index contributed by atoms with van der Waals surface area (Å²) in [5.74, 6) is 0. The number of urea groups is 1. The molecular weight excluding hydrogens is 216 g/mol. The number of nitrogen functional groups attached to an aromatic ring is 1. The Bertz CT molecular complexity index is 363. The second-order valence-electron chi connectivity index (χ2n) is 3.90. The Hall–Kier alpha value is -1.75. The van der Waals surface area contributed by atoms with Crippen LogP contribution in [0.25, 0.3) is 0 Å². The second-order valence-corrected chi connectivity index (χ2v) is 3.90. The van der Waals surface area contributed by atoms with Gasteiger partial charge in [-0.15, -0.1) is 0 Å². The quantitative estimate of drug-likeness (QED) is 0.553. The highest BCUT2D eigenvalue weighted by molar-refractivity contribution is 5.89. The molecule has 0 radical (unpaired) electrons. The van der Waals surface area contributed by atoms with Crippen LogP contribution in [0.3, 0.4) is 0 Å². The number of carbonyl (C=O) groups excluding carboxylic acids is 1. The van der Waals surface area contributed by atoms with Crippen LogP contribution in [0.1, 0.15) is 20.3 Å². The zero-order valence-corrected chi connectivity index (χ0v) is 10.5. The van der Waals surface area contributed by atoms with Crippen LogP contribution in [0.2, 0.25) is 0 Å². The molecule has 0 saturated heterocycles. The SMILES string of the molecule is CCC(C)N(NC)C(=O)Nc1ccc(N)cc1. The minimum absolute atomic E-state index is 0.133. The molecule has 1 aromatic rings. The number of carbonyl (C=O) groups is 1. The van der Waals surface area contributed by atoms with Gasteiger partial charge < -0.3 is 11.1 Å². The van der Waals surface area contributed by atoms with Crippen molar-refractivity contribution >= 4 is 17.4 Å². The third-order valence-corrected chi connectivity index (χ3v) is 2.65. The molecule has 0 aliphatic heterocycles. The van der Waals surface area contributed by atoms with Gasteiger partial charge in [0.05, 0.1) is 0 Å². The predicted molar refractivity (Wildman–Crippen MR) is 70.5 cm³/mol. The Morgan fingerprint density at radius 1 is 1.41 bits per heavy atom. The molecular formula is C12H20N4O. The predicted octanol–water partition coefficient (Wildman–Crippen LogP) is 2.04. The molecule has 0 aliphatic rings. The van der Waals surface area contributed by atoms with Gasteiger partial charge in [0.15, 0.2) is 0 Å². The van der Waals surface area contributed by atoms with Crippen molar-refractivity contribution in [3.05, 3.63) is 24.3 Å². The Balaban J connectivity index is 2.67. The number of anilines is 2. The van der Waals surface area contributed by atoms with E-state index < -0.39 is 0 Å². The topological polar surface area (TPSA) is 70.4 Å². The van der Waals surface area contributed by atoms with Crippen LogP contribution in [0.4, 0.5) is 16.2 Å². The summed E-state index contributed by atoms with van der Waals surface area (Å²) in [5, 5.41) is 4.37. The fraction of sp³-hybridized carbons (Fsp3) is 0.417. The zero-order valence-electron chi connectivity index (χ0n) is 10.5. The molecule has 1 aromatic carbocycles. The molecule has 1 unspecified atom stereocenters. The molecule has 0 saturated carbocycles. The fourth-order valence-electron chi connectivity index (χ4n) is 1.45. The molecule has 0 bridgehead atoms. The lowest BCUT2D eigenvalue weighted by molar-refractivity contribution is 0.163. The standard InChI is InChI=1S/C12H20N4O/c1-4-9(2)16(14-3)12(17)15-11-7-5-10(13)6-8-11/h5-9,14H,4,13H2,1-3H3,(H,15,17). The van der Waals surface area contributed by atoms with E-state index in [4.69, 9.17) is 5.73 Å². The van der Waals surface area contributed by atoms with Crippen LogP contribution in [-0.2, 0) is 0 Å². The molecule has 0 fully saturated rings. The van der Waals surface area contributed by atoms with E-state index in [9.17, 15) is 4.79 Å². The number of hydrogen-bond acceptors (Lipinski definition) is 3. The van der Waals surface area contributed by atoms with Gasteiger partial charge in [-0.1, -0.05) is 6.92 Å². The molecule has 17 heavy (non-hydrogen) atoms. The van der Waals surface area contributed by atoms with E-state index in [0.29, 0.717) is 5.69 Å². The van der Waals surface area contributed by atoms with Crippen molar-refractivity contribution in [3.63, 3.8) is 0 Å². The van der Waals surface area contributed by atoms with E-state index in [1.165, 1.54) is 0 Å². The molecule has 5 heteroatoms. The van der Waals surface area contributed by atoms with Crippen molar-refractivity contribution in [2.75, 3.05) is 18.1 Å².